The quantitative estimate of drug-likeness (QED) is 0.770. The molecule has 0 aromatic heterocycles. The van der Waals surface area contributed by atoms with Gasteiger partial charge in [-0.1, -0.05) is 12.1 Å². The molecule has 1 aromatic carbocycles. The van der Waals surface area contributed by atoms with Crippen molar-refractivity contribution in [3.63, 3.8) is 0 Å². The van der Waals surface area contributed by atoms with Gasteiger partial charge >= 0.3 is 0 Å². The number of likely N-dealkylation sites (N-methyl/N-ethyl adjacent to an activating group) is 2. The van der Waals surface area contributed by atoms with Crippen LogP contribution in [0, 0.1) is 11.3 Å². The number of benzene rings is 1. The molecule has 1 unspecified atom stereocenters. The first-order valence-corrected chi connectivity index (χ1v) is 7.66. The third kappa shape index (κ3) is 5.04. The number of nitriles is 1. The predicted octanol–water partition coefficient (Wildman–Crippen LogP) is 2.16. The summed E-state index contributed by atoms with van der Waals surface area (Å²) in [7, 11) is 4.37. The first-order chi connectivity index (χ1) is 10.2. The average Bonchev–Trinajstić information content (AvgIpc) is 2.86. The summed E-state index contributed by atoms with van der Waals surface area (Å²) in [4.78, 5) is 4.79. The summed E-state index contributed by atoms with van der Waals surface area (Å²) >= 11 is 0. The summed E-state index contributed by atoms with van der Waals surface area (Å²) in [6, 6.07) is 10.6. The van der Waals surface area contributed by atoms with Gasteiger partial charge in [0.2, 0.25) is 0 Å². The normalized spacial score (nSPS) is 18.9. The molecule has 1 saturated heterocycles. The van der Waals surface area contributed by atoms with Crippen molar-refractivity contribution in [1.29, 1.82) is 5.26 Å². The lowest BCUT2D eigenvalue weighted by Gasteiger charge is -2.25. The summed E-state index contributed by atoms with van der Waals surface area (Å²) in [6.07, 6.45) is 3.08. The van der Waals surface area contributed by atoms with Gasteiger partial charge < -0.3 is 14.5 Å². The molecule has 1 aromatic rings. The number of hydrogen-bond acceptors (Lipinski definition) is 4. The van der Waals surface area contributed by atoms with E-state index in [0.29, 0.717) is 19.1 Å². The molecule has 114 valence electrons. The van der Waals surface area contributed by atoms with Crippen molar-refractivity contribution in [1.82, 2.24) is 9.80 Å². The summed E-state index contributed by atoms with van der Waals surface area (Å²) in [5.41, 5.74) is 1.03. The Bertz CT molecular complexity index is 466. The minimum atomic E-state index is 0.456. The Morgan fingerprint density at radius 2 is 2.14 bits per heavy atom. The van der Waals surface area contributed by atoms with Gasteiger partial charge in [-0.2, -0.15) is 5.26 Å². The lowest BCUT2D eigenvalue weighted by atomic mass is 10.2. The molecule has 0 aliphatic carbocycles. The maximum atomic E-state index is 8.64. The maximum absolute atomic E-state index is 8.64. The van der Waals surface area contributed by atoms with Crippen LogP contribution in [0.2, 0.25) is 0 Å². The van der Waals surface area contributed by atoms with Crippen LogP contribution in [-0.2, 0) is 6.42 Å². The second-order valence-corrected chi connectivity index (χ2v) is 5.87. The number of rotatable bonds is 7. The number of hydrogen-bond donors (Lipinski definition) is 0. The highest BCUT2D eigenvalue weighted by atomic mass is 16.5. The first kappa shape index (κ1) is 15.8. The van der Waals surface area contributed by atoms with Crippen LogP contribution in [0.4, 0.5) is 0 Å². The van der Waals surface area contributed by atoms with Gasteiger partial charge in [0, 0.05) is 19.1 Å². The molecule has 1 heterocycles. The molecule has 1 aliphatic rings. The van der Waals surface area contributed by atoms with E-state index in [4.69, 9.17) is 10.00 Å². The Morgan fingerprint density at radius 3 is 2.76 bits per heavy atom. The van der Waals surface area contributed by atoms with Gasteiger partial charge in [-0.25, -0.2) is 0 Å². The van der Waals surface area contributed by atoms with E-state index in [0.717, 1.165) is 24.4 Å². The van der Waals surface area contributed by atoms with Crippen molar-refractivity contribution in [2.45, 2.75) is 25.3 Å². The third-order valence-corrected chi connectivity index (χ3v) is 4.14. The van der Waals surface area contributed by atoms with Crippen LogP contribution in [0.5, 0.6) is 5.75 Å². The van der Waals surface area contributed by atoms with Crippen molar-refractivity contribution >= 4 is 0 Å². The molecule has 0 amide bonds. The van der Waals surface area contributed by atoms with Crippen molar-refractivity contribution in [2.75, 3.05) is 40.3 Å². The van der Waals surface area contributed by atoms with Crippen LogP contribution >= 0.6 is 0 Å². The van der Waals surface area contributed by atoms with Crippen molar-refractivity contribution in [3.8, 4) is 11.8 Å². The number of ether oxygens (including phenoxy) is 1. The van der Waals surface area contributed by atoms with Gasteiger partial charge in [-0.15, -0.1) is 0 Å². The zero-order chi connectivity index (χ0) is 15.1. The fraction of sp³-hybridized carbons (Fsp3) is 0.588. The van der Waals surface area contributed by atoms with E-state index in [9.17, 15) is 0 Å². The molecule has 21 heavy (non-hydrogen) atoms. The van der Waals surface area contributed by atoms with E-state index in [1.165, 1.54) is 19.4 Å². The molecular weight excluding hydrogens is 262 g/mol. The number of nitrogens with zero attached hydrogens (tertiary/aromatic N) is 3. The summed E-state index contributed by atoms with van der Waals surface area (Å²) in [6.45, 7) is 3.97. The van der Waals surface area contributed by atoms with E-state index in [1.54, 1.807) is 0 Å². The molecule has 1 aliphatic heterocycles. The monoisotopic (exact) mass is 287 g/mol. The lowest BCUT2D eigenvalue weighted by molar-refractivity contribution is 0.190. The Hall–Kier alpha value is -1.57. The molecule has 1 atom stereocenters. The summed E-state index contributed by atoms with van der Waals surface area (Å²) in [5.74, 6) is 0.878. The van der Waals surface area contributed by atoms with Gasteiger partial charge in [0.15, 0.2) is 0 Å². The highest BCUT2D eigenvalue weighted by molar-refractivity contribution is 5.28. The molecule has 1 fully saturated rings. The minimum Gasteiger partial charge on any atom is -0.492 e. The largest absolute Gasteiger partial charge is 0.492 e. The molecule has 0 spiro atoms. The smallest absolute Gasteiger partial charge is 0.119 e. The molecule has 0 saturated carbocycles. The van der Waals surface area contributed by atoms with Gasteiger partial charge in [-0.3, -0.25) is 0 Å². The second kappa shape index (κ2) is 8.02. The van der Waals surface area contributed by atoms with Crippen LogP contribution in [0.25, 0.3) is 0 Å². The topological polar surface area (TPSA) is 39.5 Å². The molecule has 0 N–H and O–H groups in total. The van der Waals surface area contributed by atoms with Crippen LogP contribution in [-0.4, -0.2) is 56.2 Å². The van der Waals surface area contributed by atoms with Gasteiger partial charge in [-0.05, 0) is 51.2 Å². The van der Waals surface area contributed by atoms with E-state index in [-0.39, 0.29) is 0 Å². The zero-order valence-corrected chi connectivity index (χ0v) is 13.1. The van der Waals surface area contributed by atoms with E-state index in [2.05, 4.69) is 30.0 Å². The standard InChI is InChI=1S/C17H25N3O/c1-19(14-16-4-3-11-20(16)2)12-13-21-17-7-5-15(6-8-17)9-10-18/h5-8,16H,3-4,9,11-14H2,1-2H3. The third-order valence-electron chi connectivity index (χ3n) is 4.14. The fourth-order valence-corrected chi connectivity index (χ4v) is 2.78. The molecule has 0 bridgehead atoms. The SMILES string of the molecule is CN(CCOc1ccc(CC#N)cc1)CC1CCCN1C. The minimum absolute atomic E-state index is 0.456. The van der Waals surface area contributed by atoms with Gasteiger partial charge in [0.25, 0.3) is 0 Å². The van der Waals surface area contributed by atoms with Crippen LogP contribution in [0.1, 0.15) is 18.4 Å². The highest BCUT2D eigenvalue weighted by Crippen LogP contribution is 2.15. The molecule has 4 nitrogen and oxygen atoms in total. The highest BCUT2D eigenvalue weighted by Gasteiger charge is 2.21. The molecule has 2 rings (SSSR count). The van der Waals surface area contributed by atoms with Gasteiger partial charge in [0.1, 0.15) is 12.4 Å². The Kier molecular flexibility index (Phi) is 6.04. The zero-order valence-electron chi connectivity index (χ0n) is 13.1. The van der Waals surface area contributed by atoms with E-state index >= 15 is 0 Å². The van der Waals surface area contributed by atoms with E-state index in [1.807, 2.05) is 24.3 Å². The van der Waals surface area contributed by atoms with Crippen molar-refractivity contribution < 1.29 is 4.74 Å². The maximum Gasteiger partial charge on any atom is 0.119 e. The Morgan fingerprint density at radius 1 is 1.38 bits per heavy atom. The predicted molar refractivity (Wildman–Crippen MR) is 84.4 cm³/mol. The van der Waals surface area contributed by atoms with E-state index < -0.39 is 0 Å². The Labute approximate surface area is 127 Å². The molecule has 4 heteroatoms. The second-order valence-electron chi connectivity index (χ2n) is 5.87. The van der Waals surface area contributed by atoms with Crippen LogP contribution in [0.3, 0.4) is 0 Å². The Balaban J connectivity index is 1.67. The lowest BCUT2D eigenvalue weighted by Crippen LogP contribution is -2.38. The molecular formula is C17H25N3O. The summed E-state index contributed by atoms with van der Waals surface area (Å²) < 4.78 is 5.76. The average molecular weight is 287 g/mol. The summed E-state index contributed by atoms with van der Waals surface area (Å²) in [5, 5.41) is 8.64. The first-order valence-electron chi connectivity index (χ1n) is 7.66. The van der Waals surface area contributed by atoms with Crippen molar-refractivity contribution in [3.05, 3.63) is 29.8 Å². The number of likely N-dealkylation sites (tertiary alicyclic amines) is 1. The molecule has 0 radical (unpaired) electrons. The fourth-order valence-electron chi connectivity index (χ4n) is 2.78. The van der Waals surface area contributed by atoms with Crippen molar-refractivity contribution in [2.24, 2.45) is 0 Å². The van der Waals surface area contributed by atoms with Gasteiger partial charge in [0.05, 0.1) is 12.5 Å². The van der Waals surface area contributed by atoms with Crippen LogP contribution in [0.15, 0.2) is 24.3 Å². The van der Waals surface area contributed by atoms with Crippen LogP contribution < -0.4 is 4.74 Å².